The van der Waals surface area contributed by atoms with E-state index in [1.807, 2.05) is 31.6 Å². The van der Waals surface area contributed by atoms with Gasteiger partial charge in [0.1, 0.15) is 0 Å². The molecule has 1 fully saturated rings. The molecule has 1 aliphatic carbocycles. The van der Waals surface area contributed by atoms with E-state index in [-0.39, 0.29) is 5.91 Å². The predicted octanol–water partition coefficient (Wildman–Crippen LogP) is 2.70. The minimum Gasteiger partial charge on any atom is -0.296 e. The van der Waals surface area contributed by atoms with E-state index >= 15 is 0 Å². The van der Waals surface area contributed by atoms with Crippen LogP contribution >= 0.6 is 11.3 Å². The fourth-order valence-corrected chi connectivity index (χ4v) is 3.23. The van der Waals surface area contributed by atoms with Gasteiger partial charge in [-0.05, 0) is 25.8 Å². The summed E-state index contributed by atoms with van der Waals surface area (Å²) in [7, 11) is 1.88. The van der Waals surface area contributed by atoms with Gasteiger partial charge in [-0.15, -0.1) is 11.3 Å². The second-order valence-corrected chi connectivity index (χ2v) is 6.63. The molecule has 2 N–H and O–H groups in total. The molecule has 3 aromatic heterocycles. The lowest BCUT2D eigenvalue weighted by atomic mass is 10.2. The molecule has 1 saturated carbocycles. The summed E-state index contributed by atoms with van der Waals surface area (Å²) >= 11 is 1.39. The van der Waals surface area contributed by atoms with E-state index < -0.39 is 0 Å². The highest BCUT2D eigenvalue weighted by Crippen LogP contribution is 2.39. The predicted molar refractivity (Wildman–Crippen MR) is 87.6 cm³/mol. The number of anilines is 1. The lowest BCUT2D eigenvalue weighted by molar-refractivity contribution is 0.102. The molecule has 0 saturated heterocycles. The topological polar surface area (TPSA) is 88.5 Å². The van der Waals surface area contributed by atoms with E-state index in [4.69, 9.17) is 0 Å². The number of aromatic amines is 1. The number of hydrogen-bond donors (Lipinski definition) is 2. The Bertz CT molecular complexity index is 872. The van der Waals surface area contributed by atoms with Crippen LogP contribution in [0.15, 0.2) is 17.6 Å². The smallest absolute Gasteiger partial charge is 0.277 e. The number of H-pyrrole nitrogens is 1. The number of nitrogens with one attached hydrogen (secondary N) is 2. The number of aromatic nitrogens is 5. The standard InChI is InChI=1S/C15H16N6OS/c1-8-10(6-21(2)20-8)13-7-23-15(16-13)17-14(22)12-5-11(18-19-12)9-3-4-9/h5-7,9H,3-4H2,1-2H3,(H,18,19)(H,16,17,22). The van der Waals surface area contributed by atoms with Crippen LogP contribution in [0.25, 0.3) is 11.3 Å². The fourth-order valence-electron chi connectivity index (χ4n) is 2.52. The molecule has 0 unspecified atom stereocenters. The highest BCUT2D eigenvalue weighted by Gasteiger charge is 2.26. The number of thiazole rings is 1. The average Bonchev–Trinajstić information content (AvgIpc) is 2.94. The molecule has 8 heteroatoms. The molecule has 0 bridgehead atoms. The normalized spacial score (nSPS) is 14.2. The van der Waals surface area contributed by atoms with Crippen molar-refractivity contribution in [3.05, 3.63) is 34.7 Å². The molecular weight excluding hydrogens is 312 g/mol. The summed E-state index contributed by atoms with van der Waals surface area (Å²) < 4.78 is 1.76. The number of nitrogens with zero attached hydrogens (tertiary/aromatic N) is 4. The van der Waals surface area contributed by atoms with Gasteiger partial charge in [-0.3, -0.25) is 19.9 Å². The minimum absolute atomic E-state index is 0.239. The van der Waals surface area contributed by atoms with Crippen molar-refractivity contribution >= 4 is 22.4 Å². The fraction of sp³-hybridized carbons (Fsp3) is 0.333. The second-order valence-electron chi connectivity index (χ2n) is 5.78. The van der Waals surface area contributed by atoms with Crippen molar-refractivity contribution in [1.82, 2.24) is 25.0 Å². The molecule has 7 nitrogen and oxygen atoms in total. The minimum atomic E-state index is -0.239. The van der Waals surface area contributed by atoms with Crippen molar-refractivity contribution in [3.8, 4) is 11.3 Å². The number of rotatable bonds is 4. The number of hydrogen-bond acceptors (Lipinski definition) is 5. The van der Waals surface area contributed by atoms with Crippen molar-refractivity contribution in [2.45, 2.75) is 25.7 Å². The quantitative estimate of drug-likeness (QED) is 0.770. The molecule has 0 spiro atoms. The molecule has 1 amide bonds. The van der Waals surface area contributed by atoms with Crippen molar-refractivity contribution in [2.75, 3.05) is 5.32 Å². The average molecular weight is 328 g/mol. The van der Waals surface area contributed by atoms with Gasteiger partial charge in [0.25, 0.3) is 5.91 Å². The Labute approximate surface area is 136 Å². The van der Waals surface area contributed by atoms with Gasteiger partial charge in [0, 0.05) is 35.8 Å². The molecule has 3 heterocycles. The van der Waals surface area contributed by atoms with E-state index in [0.717, 1.165) is 22.6 Å². The summed E-state index contributed by atoms with van der Waals surface area (Å²) in [4.78, 5) is 16.7. The van der Waals surface area contributed by atoms with Crippen LogP contribution in [0.2, 0.25) is 0 Å². The van der Waals surface area contributed by atoms with Gasteiger partial charge in [0.2, 0.25) is 0 Å². The first kappa shape index (κ1) is 14.1. The number of amides is 1. The van der Waals surface area contributed by atoms with E-state index in [1.54, 1.807) is 4.68 Å². The van der Waals surface area contributed by atoms with Gasteiger partial charge >= 0.3 is 0 Å². The van der Waals surface area contributed by atoms with Gasteiger partial charge in [0.15, 0.2) is 10.8 Å². The third-order valence-electron chi connectivity index (χ3n) is 3.86. The summed E-state index contributed by atoms with van der Waals surface area (Å²) in [6.45, 7) is 1.94. The third-order valence-corrected chi connectivity index (χ3v) is 4.62. The summed E-state index contributed by atoms with van der Waals surface area (Å²) in [5.74, 6) is 0.307. The first-order valence-corrected chi connectivity index (χ1v) is 8.31. The van der Waals surface area contributed by atoms with Crippen LogP contribution < -0.4 is 5.32 Å². The molecule has 0 aromatic carbocycles. The largest absolute Gasteiger partial charge is 0.296 e. The molecule has 118 valence electrons. The first-order valence-electron chi connectivity index (χ1n) is 7.43. The maximum absolute atomic E-state index is 12.2. The Hall–Kier alpha value is -2.48. The van der Waals surface area contributed by atoms with Gasteiger partial charge in [-0.2, -0.15) is 10.2 Å². The molecule has 23 heavy (non-hydrogen) atoms. The molecule has 0 radical (unpaired) electrons. The van der Waals surface area contributed by atoms with Crippen LogP contribution in [0, 0.1) is 6.92 Å². The highest BCUT2D eigenvalue weighted by molar-refractivity contribution is 7.14. The van der Waals surface area contributed by atoms with Crippen molar-refractivity contribution in [2.24, 2.45) is 7.05 Å². The summed E-state index contributed by atoms with van der Waals surface area (Å²) in [6.07, 6.45) is 4.26. The SMILES string of the molecule is Cc1nn(C)cc1-c1csc(NC(=O)c2cc(C3CC3)[nH]n2)n1. The highest BCUT2D eigenvalue weighted by atomic mass is 32.1. The molecular formula is C15H16N6OS. The Morgan fingerprint density at radius 1 is 1.48 bits per heavy atom. The van der Waals surface area contributed by atoms with E-state index in [9.17, 15) is 4.79 Å². The number of carbonyl (C=O) groups is 1. The Morgan fingerprint density at radius 3 is 3.00 bits per heavy atom. The maximum Gasteiger partial charge on any atom is 0.277 e. The lowest BCUT2D eigenvalue weighted by Crippen LogP contribution is -2.12. The molecule has 0 atom stereocenters. The van der Waals surface area contributed by atoms with Crippen molar-refractivity contribution in [3.63, 3.8) is 0 Å². The van der Waals surface area contributed by atoms with E-state index in [1.165, 1.54) is 24.2 Å². The first-order chi connectivity index (χ1) is 11.1. The van der Waals surface area contributed by atoms with Crippen molar-refractivity contribution in [1.29, 1.82) is 0 Å². The van der Waals surface area contributed by atoms with Gasteiger partial charge < -0.3 is 0 Å². The van der Waals surface area contributed by atoms with Crippen LogP contribution in [-0.2, 0) is 7.05 Å². The lowest BCUT2D eigenvalue weighted by Gasteiger charge is -1.97. The van der Waals surface area contributed by atoms with Crippen LogP contribution in [0.5, 0.6) is 0 Å². The Morgan fingerprint density at radius 2 is 2.30 bits per heavy atom. The second kappa shape index (κ2) is 5.31. The van der Waals surface area contributed by atoms with Gasteiger partial charge in [-0.25, -0.2) is 4.98 Å². The monoisotopic (exact) mass is 328 g/mol. The van der Waals surface area contributed by atoms with Crippen LogP contribution in [-0.4, -0.2) is 30.9 Å². The third kappa shape index (κ3) is 2.77. The Balaban J connectivity index is 1.50. The number of carbonyl (C=O) groups excluding carboxylic acids is 1. The summed E-state index contributed by atoms with van der Waals surface area (Å²) in [5, 5.41) is 16.6. The maximum atomic E-state index is 12.2. The molecule has 4 rings (SSSR count). The van der Waals surface area contributed by atoms with Crippen molar-refractivity contribution < 1.29 is 4.79 Å². The van der Waals surface area contributed by atoms with Crippen LogP contribution in [0.4, 0.5) is 5.13 Å². The molecule has 3 aromatic rings. The molecule has 0 aliphatic heterocycles. The van der Waals surface area contributed by atoms with E-state index in [2.05, 4.69) is 25.6 Å². The van der Waals surface area contributed by atoms with Crippen LogP contribution in [0.1, 0.15) is 40.6 Å². The Kier molecular flexibility index (Phi) is 3.26. The van der Waals surface area contributed by atoms with Gasteiger partial charge in [-0.1, -0.05) is 0 Å². The zero-order valence-electron chi connectivity index (χ0n) is 12.8. The summed E-state index contributed by atoms with van der Waals surface area (Å²) in [6, 6.07) is 1.83. The number of aryl methyl sites for hydroxylation is 2. The summed E-state index contributed by atoms with van der Waals surface area (Å²) in [5.41, 5.74) is 4.15. The molecule has 1 aliphatic rings. The van der Waals surface area contributed by atoms with E-state index in [0.29, 0.717) is 16.7 Å². The zero-order valence-corrected chi connectivity index (χ0v) is 13.6. The zero-order chi connectivity index (χ0) is 16.0. The van der Waals surface area contributed by atoms with Crippen LogP contribution in [0.3, 0.4) is 0 Å². The van der Waals surface area contributed by atoms with Gasteiger partial charge in [0.05, 0.1) is 11.4 Å².